The number of nitrogens with zero attached hydrogens (tertiary/aromatic N) is 1. The molecule has 0 saturated carbocycles. The molecule has 1 heterocycles. The van der Waals surface area contributed by atoms with Gasteiger partial charge in [-0.25, -0.2) is 0 Å². The first-order chi connectivity index (χ1) is 7.94. The average Bonchev–Trinajstić information content (AvgIpc) is 2.24. The Morgan fingerprint density at radius 1 is 1.47 bits per heavy atom. The minimum absolute atomic E-state index is 0.268. The maximum absolute atomic E-state index is 6.00. The van der Waals surface area contributed by atoms with Gasteiger partial charge < -0.3 is 11.1 Å². The molecule has 0 amide bonds. The zero-order valence-corrected chi connectivity index (χ0v) is 12.0. The lowest BCUT2D eigenvalue weighted by Crippen LogP contribution is -2.26. The molecule has 0 aromatic carbocycles. The van der Waals surface area contributed by atoms with E-state index in [0.29, 0.717) is 0 Å². The third-order valence-corrected chi connectivity index (χ3v) is 3.76. The Morgan fingerprint density at radius 2 is 2.18 bits per heavy atom. The van der Waals surface area contributed by atoms with Crippen molar-refractivity contribution in [3.63, 3.8) is 0 Å². The molecule has 4 heteroatoms. The van der Waals surface area contributed by atoms with E-state index < -0.39 is 0 Å². The Morgan fingerprint density at radius 3 is 2.71 bits per heavy atom. The quantitative estimate of drug-likeness (QED) is 0.847. The van der Waals surface area contributed by atoms with Crippen LogP contribution in [0.1, 0.15) is 39.3 Å². The molecule has 1 atom stereocenters. The second-order valence-corrected chi connectivity index (χ2v) is 6.88. The molecule has 17 heavy (non-hydrogen) atoms. The van der Waals surface area contributed by atoms with Crippen LogP contribution in [0.5, 0.6) is 0 Å². The third kappa shape index (κ3) is 4.96. The van der Waals surface area contributed by atoms with Crippen LogP contribution in [-0.2, 0) is 0 Å². The van der Waals surface area contributed by atoms with Crippen molar-refractivity contribution in [2.75, 3.05) is 18.0 Å². The van der Waals surface area contributed by atoms with Crippen LogP contribution in [0.25, 0.3) is 0 Å². The van der Waals surface area contributed by atoms with Gasteiger partial charge >= 0.3 is 0 Å². The molecule has 0 saturated heterocycles. The molecule has 0 aliphatic heterocycles. The van der Waals surface area contributed by atoms with E-state index >= 15 is 0 Å². The Bertz CT molecular complexity index is 347. The van der Waals surface area contributed by atoms with Crippen molar-refractivity contribution in [3.05, 3.63) is 24.0 Å². The van der Waals surface area contributed by atoms with Gasteiger partial charge in [-0.15, -0.1) is 0 Å². The average molecular weight is 253 g/mol. The minimum atomic E-state index is 0.268. The van der Waals surface area contributed by atoms with Gasteiger partial charge in [0.05, 0.1) is 0 Å². The van der Waals surface area contributed by atoms with Gasteiger partial charge in [-0.3, -0.25) is 4.98 Å². The molecule has 0 fully saturated rings. The molecule has 3 nitrogen and oxygen atoms in total. The highest BCUT2D eigenvalue weighted by Crippen LogP contribution is 2.29. The largest absolute Gasteiger partial charge is 0.398 e. The highest BCUT2D eigenvalue weighted by atomic mass is 32.2. The van der Waals surface area contributed by atoms with Crippen molar-refractivity contribution in [1.82, 2.24) is 10.3 Å². The van der Waals surface area contributed by atoms with Crippen molar-refractivity contribution in [2.45, 2.75) is 38.5 Å². The summed E-state index contributed by atoms with van der Waals surface area (Å²) >= 11 is 1.94. The van der Waals surface area contributed by atoms with Crippen LogP contribution in [0.2, 0.25) is 0 Å². The second kappa shape index (κ2) is 6.26. The number of pyridine rings is 1. The molecular weight excluding hydrogens is 230 g/mol. The van der Waals surface area contributed by atoms with Crippen LogP contribution < -0.4 is 11.1 Å². The monoisotopic (exact) mass is 253 g/mol. The number of nitrogen functional groups attached to an aromatic ring is 1. The molecular formula is C13H23N3S. The van der Waals surface area contributed by atoms with E-state index in [1.54, 1.807) is 6.20 Å². The van der Waals surface area contributed by atoms with E-state index in [1.165, 1.54) is 0 Å². The summed E-state index contributed by atoms with van der Waals surface area (Å²) < 4.78 is 0.268. The lowest BCUT2D eigenvalue weighted by molar-refractivity contribution is 0.603. The number of hydrogen-bond acceptors (Lipinski definition) is 4. The predicted molar refractivity (Wildman–Crippen MR) is 77.3 cm³/mol. The Kier molecular flexibility index (Phi) is 5.28. The molecule has 0 radical (unpaired) electrons. The van der Waals surface area contributed by atoms with Gasteiger partial charge in [0.2, 0.25) is 0 Å². The van der Waals surface area contributed by atoms with Crippen molar-refractivity contribution < 1.29 is 0 Å². The summed E-state index contributed by atoms with van der Waals surface area (Å²) in [6, 6.07) is 2.14. The lowest BCUT2D eigenvalue weighted by Gasteiger charge is -2.24. The minimum Gasteiger partial charge on any atom is -0.398 e. The van der Waals surface area contributed by atoms with Crippen molar-refractivity contribution in [3.8, 4) is 0 Å². The first-order valence-electron chi connectivity index (χ1n) is 6.00. The number of nitrogens with two attached hydrogens (primary N) is 1. The Balaban J connectivity index is 2.75. The number of hydrogen-bond donors (Lipinski definition) is 2. The van der Waals surface area contributed by atoms with Crippen LogP contribution in [0.15, 0.2) is 18.5 Å². The van der Waals surface area contributed by atoms with Gasteiger partial charge in [0.1, 0.15) is 0 Å². The smallest absolute Gasteiger partial charge is 0.0447 e. The summed E-state index contributed by atoms with van der Waals surface area (Å²) in [5.41, 5.74) is 7.92. The highest BCUT2D eigenvalue weighted by molar-refractivity contribution is 8.00. The van der Waals surface area contributed by atoms with Gasteiger partial charge in [-0.1, -0.05) is 27.7 Å². The van der Waals surface area contributed by atoms with E-state index in [9.17, 15) is 0 Å². The Labute approximate surface area is 109 Å². The van der Waals surface area contributed by atoms with Gasteiger partial charge in [0.15, 0.2) is 0 Å². The molecule has 1 unspecified atom stereocenters. The molecule has 0 spiro atoms. The van der Waals surface area contributed by atoms with Gasteiger partial charge in [-0.2, -0.15) is 11.8 Å². The van der Waals surface area contributed by atoms with Crippen LogP contribution in [0.4, 0.5) is 5.69 Å². The van der Waals surface area contributed by atoms with E-state index in [-0.39, 0.29) is 10.8 Å². The zero-order chi connectivity index (χ0) is 12.9. The van der Waals surface area contributed by atoms with Crippen molar-refractivity contribution in [2.24, 2.45) is 0 Å². The number of thioether (sulfide) groups is 1. The molecule has 0 aliphatic carbocycles. The fraction of sp³-hybridized carbons (Fsp3) is 0.615. The second-order valence-electron chi connectivity index (χ2n) is 5.04. The first-order valence-corrected chi connectivity index (χ1v) is 6.99. The summed E-state index contributed by atoms with van der Waals surface area (Å²) in [6.45, 7) is 9.73. The summed E-state index contributed by atoms with van der Waals surface area (Å²) in [4.78, 5) is 4.16. The molecule has 1 aromatic rings. The predicted octanol–water partition coefficient (Wildman–Crippen LogP) is 2.85. The van der Waals surface area contributed by atoms with Crippen LogP contribution in [0.3, 0.4) is 0 Å². The molecule has 0 aliphatic rings. The molecule has 0 bridgehead atoms. The topological polar surface area (TPSA) is 50.9 Å². The van der Waals surface area contributed by atoms with E-state index in [2.05, 4.69) is 38.0 Å². The molecule has 96 valence electrons. The van der Waals surface area contributed by atoms with Gasteiger partial charge in [-0.05, 0) is 12.6 Å². The molecule has 1 rings (SSSR count). The van der Waals surface area contributed by atoms with Gasteiger partial charge in [0, 0.05) is 40.2 Å². The van der Waals surface area contributed by atoms with Crippen molar-refractivity contribution >= 4 is 17.4 Å². The standard InChI is InChI=1S/C13H23N3S/c1-5-16-12(9-17-13(2,3)4)10-8-15-7-6-11(10)14/h6-8,12,16H,5,9H2,1-4H3,(H2,14,15). The molecule has 3 N–H and O–H groups in total. The zero-order valence-electron chi connectivity index (χ0n) is 11.2. The number of aromatic nitrogens is 1. The summed E-state index contributed by atoms with van der Waals surface area (Å²) in [7, 11) is 0. The molecule has 1 aromatic heterocycles. The fourth-order valence-corrected chi connectivity index (χ4v) is 2.51. The highest BCUT2D eigenvalue weighted by Gasteiger charge is 2.18. The summed E-state index contributed by atoms with van der Waals surface area (Å²) in [5, 5.41) is 3.47. The maximum Gasteiger partial charge on any atom is 0.0447 e. The Hall–Kier alpha value is -0.740. The summed E-state index contributed by atoms with van der Waals surface area (Å²) in [6.07, 6.45) is 3.60. The van der Waals surface area contributed by atoms with Crippen molar-refractivity contribution in [1.29, 1.82) is 0 Å². The fourth-order valence-electron chi connectivity index (χ4n) is 1.55. The van der Waals surface area contributed by atoms with Gasteiger partial charge in [0.25, 0.3) is 0 Å². The van der Waals surface area contributed by atoms with Crippen LogP contribution >= 0.6 is 11.8 Å². The van der Waals surface area contributed by atoms with Crippen LogP contribution in [0, 0.1) is 0 Å². The van der Waals surface area contributed by atoms with Crippen LogP contribution in [-0.4, -0.2) is 22.0 Å². The number of nitrogens with one attached hydrogen (secondary N) is 1. The third-order valence-electron chi connectivity index (χ3n) is 2.40. The number of anilines is 1. The normalized spacial score (nSPS) is 13.6. The van der Waals surface area contributed by atoms with E-state index in [4.69, 9.17) is 5.73 Å². The number of rotatable bonds is 5. The summed E-state index contributed by atoms with van der Waals surface area (Å²) in [5.74, 6) is 1.01. The lowest BCUT2D eigenvalue weighted by atomic mass is 10.1. The SMILES string of the molecule is CCNC(CSC(C)(C)C)c1cnccc1N. The van der Waals surface area contributed by atoms with E-state index in [0.717, 1.165) is 23.5 Å². The van der Waals surface area contributed by atoms with E-state index in [1.807, 2.05) is 24.0 Å². The first kappa shape index (κ1) is 14.3. The maximum atomic E-state index is 6.00.